The van der Waals surface area contributed by atoms with Crippen molar-refractivity contribution in [2.45, 2.75) is 19.8 Å². The molecule has 3 heteroatoms. The minimum atomic E-state index is 0.273. The molecule has 0 spiro atoms. The third kappa shape index (κ3) is 2.56. The molecule has 0 bridgehead atoms. The van der Waals surface area contributed by atoms with Gasteiger partial charge < -0.3 is 9.90 Å². The molecule has 1 aromatic rings. The third-order valence-electron chi connectivity index (χ3n) is 1.93. The normalized spacial score (nSPS) is 10.0. The van der Waals surface area contributed by atoms with Gasteiger partial charge in [0.25, 0.3) is 0 Å². The minimum absolute atomic E-state index is 0.273. The summed E-state index contributed by atoms with van der Waals surface area (Å²) in [5.41, 5.74) is 1.80. The van der Waals surface area contributed by atoms with Gasteiger partial charge in [0, 0.05) is 16.5 Å². The van der Waals surface area contributed by atoms with E-state index in [4.69, 9.17) is 0 Å². The van der Waals surface area contributed by atoms with Crippen LogP contribution in [0.3, 0.4) is 0 Å². The number of phenols is 1. The predicted molar refractivity (Wildman–Crippen MR) is 54.9 cm³/mol. The Balaban J connectivity index is 2.92. The van der Waals surface area contributed by atoms with Crippen molar-refractivity contribution >= 4 is 22.2 Å². The van der Waals surface area contributed by atoms with E-state index in [9.17, 15) is 9.90 Å². The average Bonchev–Trinajstić information content (AvgIpc) is 2.10. The van der Waals surface area contributed by atoms with Crippen LogP contribution in [0.25, 0.3) is 0 Å². The second-order valence-electron chi connectivity index (χ2n) is 2.93. The molecule has 0 saturated carbocycles. The lowest BCUT2D eigenvalue weighted by molar-refractivity contribution is -0.107. The van der Waals surface area contributed by atoms with E-state index in [1.54, 1.807) is 6.07 Å². The molecule has 0 atom stereocenters. The highest BCUT2D eigenvalue weighted by molar-refractivity contribution is 9.10. The zero-order chi connectivity index (χ0) is 9.84. The number of aldehydes is 1. The lowest BCUT2D eigenvalue weighted by Crippen LogP contribution is -1.88. The van der Waals surface area contributed by atoms with Gasteiger partial charge in [-0.25, -0.2) is 0 Å². The molecule has 1 N–H and O–H groups in total. The van der Waals surface area contributed by atoms with Gasteiger partial charge in [-0.2, -0.15) is 0 Å². The standard InChI is InChI=1S/C10H11BrO2/c1-7-9(11)5-8(3-2-4-12)6-10(7)13/h4-6,13H,2-3H2,1H3. The Hall–Kier alpha value is -0.830. The van der Waals surface area contributed by atoms with E-state index in [1.165, 1.54) is 0 Å². The van der Waals surface area contributed by atoms with E-state index < -0.39 is 0 Å². The van der Waals surface area contributed by atoms with Crippen LogP contribution in [0.4, 0.5) is 0 Å². The second-order valence-corrected chi connectivity index (χ2v) is 3.78. The van der Waals surface area contributed by atoms with E-state index in [-0.39, 0.29) is 5.75 Å². The van der Waals surface area contributed by atoms with Gasteiger partial charge in [-0.15, -0.1) is 0 Å². The summed E-state index contributed by atoms with van der Waals surface area (Å²) in [6, 6.07) is 3.63. The monoisotopic (exact) mass is 242 g/mol. The molecular weight excluding hydrogens is 232 g/mol. The maximum Gasteiger partial charge on any atom is 0.120 e. The van der Waals surface area contributed by atoms with Crippen molar-refractivity contribution in [3.63, 3.8) is 0 Å². The summed E-state index contributed by atoms with van der Waals surface area (Å²) < 4.78 is 0.883. The quantitative estimate of drug-likeness (QED) is 0.828. The number of halogens is 1. The molecule has 0 fully saturated rings. The maximum atomic E-state index is 10.1. The molecular formula is C10H11BrO2. The number of phenolic OH excluding ortho intramolecular Hbond substituents is 1. The summed E-state index contributed by atoms with van der Waals surface area (Å²) >= 11 is 3.34. The Kier molecular flexibility index (Phi) is 3.48. The van der Waals surface area contributed by atoms with Crippen LogP contribution in [0.15, 0.2) is 16.6 Å². The first-order valence-electron chi connectivity index (χ1n) is 4.06. The topological polar surface area (TPSA) is 37.3 Å². The number of hydrogen-bond donors (Lipinski definition) is 1. The Labute approximate surface area is 85.7 Å². The summed E-state index contributed by atoms with van der Waals surface area (Å²) in [6.07, 6.45) is 2.05. The first kappa shape index (κ1) is 10.3. The largest absolute Gasteiger partial charge is 0.508 e. The van der Waals surface area contributed by atoms with Crippen molar-refractivity contribution in [3.8, 4) is 5.75 Å². The minimum Gasteiger partial charge on any atom is -0.508 e. The molecule has 0 aliphatic carbocycles. The number of carbonyl (C=O) groups excluding carboxylic acids is 1. The number of hydrogen-bond acceptors (Lipinski definition) is 2. The highest BCUT2D eigenvalue weighted by Gasteiger charge is 2.03. The van der Waals surface area contributed by atoms with E-state index in [0.717, 1.165) is 21.9 Å². The van der Waals surface area contributed by atoms with Gasteiger partial charge in [0.1, 0.15) is 12.0 Å². The molecule has 0 aliphatic rings. The van der Waals surface area contributed by atoms with Crippen LogP contribution < -0.4 is 0 Å². The van der Waals surface area contributed by atoms with Gasteiger partial charge in [-0.3, -0.25) is 0 Å². The Morgan fingerprint density at radius 3 is 2.77 bits per heavy atom. The summed E-state index contributed by atoms with van der Waals surface area (Å²) in [6.45, 7) is 1.84. The van der Waals surface area contributed by atoms with Crippen molar-refractivity contribution in [2.75, 3.05) is 0 Å². The van der Waals surface area contributed by atoms with Gasteiger partial charge >= 0.3 is 0 Å². The first-order chi connectivity index (χ1) is 6.15. The summed E-state index contributed by atoms with van der Waals surface area (Å²) in [4.78, 5) is 10.1. The van der Waals surface area contributed by atoms with Crippen molar-refractivity contribution in [3.05, 3.63) is 27.7 Å². The maximum absolute atomic E-state index is 10.1. The zero-order valence-corrected chi connectivity index (χ0v) is 8.97. The highest BCUT2D eigenvalue weighted by atomic mass is 79.9. The molecule has 0 amide bonds. The Morgan fingerprint density at radius 2 is 2.23 bits per heavy atom. The molecule has 1 rings (SSSR count). The van der Waals surface area contributed by atoms with Crippen LogP contribution in [0.5, 0.6) is 5.75 Å². The SMILES string of the molecule is Cc1c(O)cc(CCC=O)cc1Br. The molecule has 13 heavy (non-hydrogen) atoms. The fraction of sp³-hybridized carbons (Fsp3) is 0.300. The molecule has 0 saturated heterocycles. The van der Waals surface area contributed by atoms with Gasteiger partial charge in [0.15, 0.2) is 0 Å². The molecule has 0 unspecified atom stereocenters. The number of benzene rings is 1. The second kappa shape index (κ2) is 4.42. The van der Waals surface area contributed by atoms with E-state index in [0.29, 0.717) is 12.8 Å². The van der Waals surface area contributed by atoms with E-state index in [1.807, 2.05) is 13.0 Å². The molecule has 0 aromatic heterocycles. The molecule has 0 heterocycles. The molecule has 0 aliphatic heterocycles. The van der Waals surface area contributed by atoms with Gasteiger partial charge in [-0.1, -0.05) is 15.9 Å². The number of carbonyl (C=O) groups is 1. The van der Waals surface area contributed by atoms with Gasteiger partial charge in [-0.05, 0) is 31.0 Å². The van der Waals surface area contributed by atoms with Crippen molar-refractivity contribution in [1.29, 1.82) is 0 Å². The predicted octanol–water partition coefficient (Wildman–Crippen LogP) is 2.59. The molecule has 0 radical (unpaired) electrons. The van der Waals surface area contributed by atoms with Gasteiger partial charge in [0.05, 0.1) is 0 Å². The molecule has 70 valence electrons. The van der Waals surface area contributed by atoms with Crippen molar-refractivity contribution in [1.82, 2.24) is 0 Å². The van der Waals surface area contributed by atoms with E-state index in [2.05, 4.69) is 15.9 Å². The van der Waals surface area contributed by atoms with Crippen LogP contribution in [0.2, 0.25) is 0 Å². The van der Waals surface area contributed by atoms with Crippen LogP contribution in [0.1, 0.15) is 17.5 Å². The smallest absolute Gasteiger partial charge is 0.120 e. The van der Waals surface area contributed by atoms with Crippen LogP contribution in [-0.4, -0.2) is 11.4 Å². The summed E-state index contributed by atoms with van der Waals surface area (Å²) in [7, 11) is 0. The fourth-order valence-corrected chi connectivity index (χ4v) is 1.59. The summed E-state index contributed by atoms with van der Waals surface area (Å²) in [5, 5.41) is 9.46. The van der Waals surface area contributed by atoms with Crippen LogP contribution >= 0.6 is 15.9 Å². The average molecular weight is 243 g/mol. The van der Waals surface area contributed by atoms with Crippen LogP contribution in [0, 0.1) is 6.92 Å². The number of aromatic hydroxyl groups is 1. The zero-order valence-electron chi connectivity index (χ0n) is 7.38. The lowest BCUT2D eigenvalue weighted by atomic mass is 10.1. The van der Waals surface area contributed by atoms with Crippen LogP contribution in [-0.2, 0) is 11.2 Å². The van der Waals surface area contributed by atoms with Crippen molar-refractivity contribution in [2.24, 2.45) is 0 Å². The molecule has 1 aromatic carbocycles. The Bertz CT molecular complexity index is 298. The van der Waals surface area contributed by atoms with Crippen molar-refractivity contribution < 1.29 is 9.90 Å². The molecule has 2 nitrogen and oxygen atoms in total. The number of rotatable bonds is 3. The van der Waals surface area contributed by atoms with E-state index >= 15 is 0 Å². The first-order valence-corrected chi connectivity index (χ1v) is 4.86. The number of aryl methyl sites for hydroxylation is 1. The van der Waals surface area contributed by atoms with Gasteiger partial charge in [0.2, 0.25) is 0 Å². The Morgan fingerprint density at radius 1 is 1.54 bits per heavy atom. The lowest BCUT2D eigenvalue weighted by Gasteiger charge is -2.05. The fourth-order valence-electron chi connectivity index (χ4n) is 1.09. The third-order valence-corrected chi connectivity index (χ3v) is 2.75. The highest BCUT2D eigenvalue weighted by Crippen LogP contribution is 2.27. The summed E-state index contributed by atoms with van der Waals surface area (Å²) in [5.74, 6) is 0.273.